The van der Waals surface area contributed by atoms with Crippen molar-refractivity contribution >= 4 is 16.6 Å². The topological polar surface area (TPSA) is 47.3 Å². The third-order valence-corrected chi connectivity index (χ3v) is 1.85. The van der Waals surface area contributed by atoms with E-state index in [-0.39, 0.29) is 11.5 Å². The summed E-state index contributed by atoms with van der Waals surface area (Å²) in [4.78, 5) is 11.1. The van der Waals surface area contributed by atoms with Gasteiger partial charge in [0.25, 0.3) is 0 Å². The number of hydrogen-bond acceptors (Lipinski definition) is 3. The number of ketones is 1. The maximum absolute atomic E-state index is 11.1. The predicted octanol–water partition coefficient (Wildman–Crippen LogP) is 0.841. The van der Waals surface area contributed by atoms with Crippen molar-refractivity contribution in [3.63, 3.8) is 0 Å². The zero-order chi connectivity index (χ0) is 8.27. The van der Waals surface area contributed by atoms with Gasteiger partial charge in [0.05, 0.1) is 17.6 Å². The van der Waals surface area contributed by atoms with Gasteiger partial charge in [-0.3, -0.25) is 9.00 Å². The summed E-state index contributed by atoms with van der Waals surface area (Å²) in [5.41, 5.74) is 0.486. The number of Topliss-reactive ketones (excluding diaryl/α,β-unsaturated/α-hetero) is 1. The van der Waals surface area contributed by atoms with Crippen molar-refractivity contribution in [2.75, 3.05) is 12.0 Å². The summed E-state index contributed by atoms with van der Waals surface area (Å²) in [6.45, 7) is 0. The second-order valence-corrected chi connectivity index (χ2v) is 3.59. The quantitative estimate of drug-likeness (QED) is 0.635. The Morgan fingerprint density at radius 3 is 2.91 bits per heavy atom. The van der Waals surface area contributed by atoms with Crippen LogP contribution in [0.5, 0.6) is 0 Å². The summed E-state index contributed by atoms with van der Waals surface area (Å²) >= 11 is 0. The van der Waals surface area contributed by atoms with Crippen LogP contribution < -0.4 is 0 Å². The molecule has 1 atom stereocenters. The molecule has 0 aliphatic heterocycles. The summed E-state index contributed by atoms with van der Waals surface area (Å²) in [7, 11) is -1.07. The molecule has 0 radical (unpaired) electrons. The van der Waals surface area contributed by atoms with E-state index in [9.17, 15) is 9.00 Å². The Morgan fingerprint density at radius 1 is 1.73 bits per heavy atom. The summed E-state index contributed by atoms with van der Waals surface area (Å²) in [5.74, 6) is -0.0703. The molecule has 0 fully saturated rings. The molecule has 1 heterocycles. The third-order valence-electron chi connectivity index (χ3n) is 1.18. The monoisotopic (exact) mass is 172 g/mol. The molecule has 11 heavy (non-hydrogen) atoms. The van der Waals surface area contributed by atoms with Gasteiger partial charge in [0.2, 0.25) is 0 Å². The molecule has 4 heteroatoms. The SMILES string of the molecule is CS(=O)CC(=O)c1ccoc1. The van der Waals surface area contributed by atoms with Crippen LogP contribution in [0.3, 0.4) is 0 Å². The van der Waals surface area contributed by atoms with Crippen molar-refractivity contribution in [3.05, 3.63) is 24.2 Å². The van der Waals surface area contributed by atoms with Gasteiger partial charge in [0.15, 0.2) is 5.78 Å². The summed E-state index contributed by atoms with van der Waals surface area (Å²) in [5, 5.41) is 0. The van der Waals surface area contributed by atoms with Gasteiger partial charge in [-0.25, -0.2) is 0 Å². The second-order valence-electron chi connectivity index (χ2n) is 2.15. The first kappa shape index (κ1) is 8.20. The van der Waals surface area contributed by atoms with E-state index < -0.39 is 10.8 Å². The molecular formula is C7H8O3S. The fraction of sp³-hybridized carbons (Fsp3) is 0.286. The van der Waals surface area contributed by atoms with E-state index in [2.05, 4.69) is 0 Å². The number of carbonyl (C=O) groups is 1. The van der Waals surface area contributed by atoms with Crippen LogP contribution in [0.1, 0.15) is 10.4 Å². The third kappa shape index (κ3) is 2.31. The van der Waals surface area contributed by atoms with E-state index in [1.54, 1.807) is 6.07 Å². The molecule has 0 spiro atoms. The Bertz CT molecular complexity index is 263. The van der Waals surface area contributed by atoms with Crippen LogP contribution in [0.4, 0.5) is 0 Å². The Hall–Kier alpha value is -0.900. The number of rotatable bonds is 3. The van der Waals surface area contributed by atoms with Gasteiger partial charge in [0.1, 0.15) is 6.26 Å². The lowest BCUT2D eigenvalue weighted by Crippen LogP contribution is -2.08. The standard InChI is InChI=1S/C7H8O3S/c1-11(9)5-7(8)6-2-3-10-4-6/h2-4H,5H2,1H3. The zero-order valence-electron chi connectivity index (χ0n) is 6.07. The summed E-state index contributed by atoms with van der Waals surface area (Å²) in [6.07, 6.45) is 4.28. The van der Waals surface area contributed by atoms with Gasteiger partial charge in [-0.2, -0.15) is 0 Å². The normalized spacial score (nSPS) is 12.8. The van der Waals surface area contributed by atoms with E-state index in [1.165, 1.54) is 18.8 Å². The van der Waals surface area contributed by atoms with E-state index >= 15 is 0 Å². The highest BCUT2D eigenvalue weighted by Gasteiger charge is 2.07. The lowest BCUT2D eigenvalue weighted by Gasteiger charge is -1.90. The zero-order valence-corrected chi connectivity index (χ0v) is 6.89. The average molecular weight is 172 g/mol. The fourth-order valence-electron chi connectivity index (χ4n) is 0.691. The highest BCUT2D eigenvalue weighted by atomic mass is 32.2. The molecule has 60 valence electrons. The maximum Gasteiger partial charge on any atom is 0.178 e. The van der Waals surface area contributed by atoms with Crippen molar-refractivity contribution in [3.8, 4) is 0 Å². The molecule has 1 rings (SSSR count). The number of hydrogen-bond donors (Lipinski definition) is 0. The molecule has 0 amide bonds. The average Bonchev–Trinajstić information content (AvgIpc) is 2.35. The number of furan rings is 1. The second kappa shape index (κ2) is 3.48. The minimum absolute atomic E-state index is 0.0690. The van der Waals surface area contributed by atoms with Crippen LogP contribution in [0.25, 0.3) is 0 Å². The van der Waals surface area contributed by atoms with Crippen LogP contribution in [-0.4, -0.2) is 22.0 Å². The van der Waals surface area contributed by atoms with Gasteiger partial charge < -0.3 is 4.42 Å². The van der Waals surface area contributed by atoms with Gasteiger partial charge in [-0.15, -0.1) is 0 Å². The Morgan fingerprint density at radius 2 is 2.45 bits per heavy atom. The highest BCUT2D eigenvalue weighted by molar-refractivity contribution is 7.85. The Labute approximate surface area is 66.9 Å². The van der Waals surface area contributed by atoms with E-state index in [0.29, 0.717) is 5.56 Å². The number of carbonyl (C=O) groups excluding carboxylic acids is 1. The molecule has 1 aromatic rings. The minimum atomic E-state index is -1.07. The molecule has 0 bridgehead atoms. The molecule has 3 nitrogen and oxygen atoms in total. The first-order valence-electron chi connectivity index (χ1n) is 3.05. The largest absolute Gasteiger partial charge is 0.472 e. The van der Waals surface area contributed by atoms with Crippen LogP contribution in [0.2, 0.25) is 0 Å². The van der Waals surface area contributed by atoms with Crippen LogP contribution in [-0.2, 0) is 10.8 Å². The molecule has 1 unspecified atom stereocenters. The molecule has 0 saturated carbocycles. The lowest BCUT2D eigenvalue weighted by atomic mass is 10.2. The van der Waals surface area contributed by atoms with Crippen molar-refractivity contribution in [1.29, 1.82) is 0 Å². The first-order chi connectivity index (χ1) is 5.20. The van der Waals surface area contributed by atoms with Gasteiger partial charge in [-0.1, -0.05) is 0 Å². The van der Waals surface area contributed by atoms with Gasteiger partial charge in [0, 0.05) is 17.1 Å². The van der Waals surface area contributed by atoms with E-state index in [4.69, 9.17) is 4.42 Å². The van der Waals surface area contributed by atoms with Crippen LogP contribution in [0, 0.1) is 0 Å². The summed E-state index contributed by atoms with van der Waals surface area (Å²) < 4.78 is 15.3. The van der Waals surface area contributed by atoms with Crippen molar-refractivity contribution < 1.29 is 13.4 Å². The van der Waals surface area contributed by atoms with Crippen molar-refractivity contribution in [2.45, 2.75) is 0 Å². The van der Waals surface area contributed by atoms with Gasteiger partial charge >= 0.3 is 0 Å². The maximum atomic E-state index is 11.1. The Kier molecular flexibility index (Phi) is 2.59. The first-order valence-corrected chi connectivity index (χ1v) is 4.78. The predicted molar refractivity (Wildman–Crippen MR) is 42.0 cm³/mol. The van der Waals surface area contributed by atoms with E-state index in [1.807, 2.05) is 0 Å². The van der Waals surface area contributed by atoms with Crippen LogP contribution >= 0.6 is 0 Å². The Balaban J connectivity index is 2.64. The smallest absolute Gasteiger partial charge is 0.178 e. The molecule has 1 aromatic heterocycles. The molecule has 0 aromatic carbocycles. The molecule has 0 saturated heterocycles. The lowest BCUT2D eigenvalue weighted by molar-refractivity contribution is 0.102. The minimum Gasteiger partial charge on any atom is -0.472 e. The van der Waals surface area contributed by atoms with Crippen molar-refractivity contribution in [2.24, 2.45) is 0 Å². The molecule has 0 N–H and O–H groups in total. The van der Waals surface area contributed by atoms with Gasteiger partial charge in [-0.05, 0) is 6.07 Å². The summed E-state index contributed by atoms with van der Waals surface area (Å²) in [6, 6.07) is 1.56. The fourth-order valence-corrected chi connectivity index (χ4v) is 1.23. The highest BCUT2D eigenvalue weighted by Crippen LogP contribution is 2.01. The van der Waals surface area contributed by atoms with Crippen LogP contribution in [0.15, 0.2) is 23.0 Å². The van der Waals surface area contributed by atoms with E-state index in [0.717, 1.165) is 0 Å². The van der Waals surface area contributed by atoms with Crippen molar-refractivity contribution in [1.82, 2.24) is 0 Å². The molecule has 0 aliphatic rings. The molecular weight excluding hydrogens is 164 g/mol. The molecule has 0 aliphatic carbocycles.